The zero-order chi connectivity index (χ0) is 14.3. The Balaban J connectivity index is 2.10. The number of H-pyrrole nitrogens is 1. The molecule has 3 rings (SSSR count). The van der Waals surface area contributed by atoms with Gasteiger partial charge in [-0.25, -0.2) is 8.42 Å². The van der Waals surface area contributed by atoms with E-state index in [0.29, 0.717) is 11.1 Å². The molecule has 7 heteroatoms. The van der Waals surface area contributed by atoms with Crippen molar-refractivity contribution in [1.29, 1.82) is 0 Å². The average molecular weight is 295 g/mol. The van der Waals surface area contributed by atoms with Crippen molar-refractivity contribution in [3.8, 4) is 0 Å². The highest BCUT2D eigenvalue weighted by Crippen LogP contribution is 2.34. The van der Waals surface area contributed by atoms with Crippen LogP contribution in [0.4, 0.5) is 5.69 Å². The number of nitrogen functional groups attached to an aromatic ring is 1. The Morgan fingerprint density at radius 3 is 2.80 bits per heavy atom. The molecule has 0 radical (unpaired) electrons. The Morgan fingerprint density at radius 1 is 1.40 bits per heavy atom. The highest BCUT2D eigenvalue weighted by atomic mass is 32.2. The van der Waals surface area contributed by atoms with Crippen LogP contribution in [0, 0.1) is 0 Å². The van der Waals surface area contributed by atoms with Crippen molar-refractivity contribution in [3.05, 3.63) is 24.4 Å². The summed E-state index contributed by atoms with van der Waals surface area (Å²) in [5.41, 5.74) is 7.00. The monoisotopic (exact) mass is 295 g/mol. The lowest BCUT2D eigenvalue weighted by Crippen LogP contribution is -2.35. The SMILES string of the molecule is Nc1ccc2[nH]cc(S(=O)(=O)N(CCO)C3CC3)c2c1. The number of nitrogens with one attached hydrogen (secondary N) is 1. The maximum Gasteiger partial charge on any atom is 0.245 e. The molecule has 1 aromatic carbocycles. The Bertz CT molecular complexity index is 734. The number of nitrogens with two attached hydrogens (primary N) is 1. The van der Waals surface area contributed by atoms with Gasteiger partial charge in [0.05, 0.1) is 6.61 Å². The fourth-order valence-corrected chi connectivity index (χ4v) is 4.25. The zero-order valence-corrected chi connectivity index (χ0v) is 11.7. The number of aromatic amines is 1. The summed E-state index contributed by atoms with van der Waals surface area (Å²) in [6.45, 7) is -0.0534. The lowest BCUT2D eigenvalue weighted by Gasteiger charge is -2.20. The molecule has 1 fully saturated rings. The molecular formula is C13H17N3O3S. The van der Waals surface area contributed by atoms with Gasteiger partial charge >= 0.3 is 0 Å². The summed E-state index contributed by atoms with van der Waals surface area (Å²) in [5.74, 6) is 0. The molecule has 20 heavy (non-hydrogen) atoms. The highest BCUT2D eigenvalue weighted by Gasteiger charge is 2.38. The van der Waals surface area contributed by atoms with Crippen LogP contribution in [0.3, 0.4) is 0 Å². The van der Waals surface area contributed by atoms with E-state index in [-0.39, 0.29) is 24.1 Å². The fraction of sp³-hybridized carbons (Fsp3) is 0.385. The normalized spacial score (nSPS) is 16.1. The largest absolute Gasteiger partial charge is 0.399 e. The van der Waals surface area contributed by atoms with Gasteiger partial charge in [-0.2, -0.15) is 4.31 Å². The van der Waals surface area contributed by atoms with Crippen LogP contribution >= 0.6 is 0 Å². The first kappa shape index (κ1) is 13.4. The minimum atomic E-state index is -3.61. The third kappa shape index (κ3) is 2.17. The van der Waals surface area contributed by atoms with Crippen molar-refractivity contribution >= 4 is 26.6 Å². The molecular weight excluding hydrogens is 278 g/mol. The van der Waals surface area contributed by atoms with E-state index in [4.69, 9.17) is 10.8 Å². The third-order valence-corrected chi connectivity index (χ3v) is 5.52. The summed E-state index contributed by atoms with van der Waals surface area (Å²) in [6, 6.07) is 5.15. The average Bonchev–Trinajstić information content (AvgIpc) is 3.14. The van der Waals surface area contributed by atoms with Crippen LogP contribution in [0.25, 0.3) is 10.9 Å². The van der Waals surface area contributed by atoms with Crippen LogP contribution in [-0.2, 0) is 10.0 Å². The second kappa shape index (κ2) is 4.76. The van der Waals surface area contributed by atoms with E-state index in [1.807, 2.05) is 0 Å². The molecule has 2 aromatic rings. The summed E-state index contributed by atoms with van der Waals surface area (Å²) in [6.07, 6.45) is 3.19. The number of hydrogen-bond acceptors (Lipinski definition) is 4. The molecule has 0 unspecified atom stereocenters. The molecule has 0 saturated heterocycles. The fourth-order valence-electron chi connectivity index (χ4n) is 2.41. The van der Waals surface area contributed by atoms with Gasteiger partial charge in [-0.1, -0.05) is 0 Å². The highest BCUT2D eigenvalue weighted by molar-refractivity contribution is 7.89. The molecule has 1 aromatic heterocycles. The number of benzene rings is 1. The van der Waals surface area contributed by atoms with Crippen molar-refractivity contribution in [2.75, 3.05) is 18.9 Å². The van der Waals surface area contributed by atoms with E-state index in [1.54, 1.807) is 18.2 Å². The van der Waals surface area contributed by atoms with Crippen molar-refractivity contribution in [2.45, 2.75) is 23.8 Å². The van der Waals surface area contributed by atoms with Gasteiger partial charge in [0, 0.05) is 35.4 Å². The molecule has 0 bridgehead atoms. The van der Waals surface area contributed by atoms with Crippen molar-refractivity contribution in [2.24, 2.45) is 0 Å². The van der Waals surface area contributed by atoms with Crippen LogP contribution in [-0.4, -0.2) is 42.0 Å². The predicted octanol–water partition coefficient (Wildman–Crippen LogP) is 0.895. The molecule has 0 spiro atoms. The van der Waals surface area contributed by atoms with E-state index in [2.05, 4.69) is 4.98 Å². The van der Waals surface area contributed by atoms with Gasteiger partial charge in [0.1, 0.15) is 4.90 Å². The summed E-state index contributed by atoms with van der Waals surface area (Å²) in [7, 11) is -3.61. The summed E-state index contributed by atoms with van der Waals surface area (Å²) in [5, 5.41) is 9.69. The first-order valence-electron chi connectivity index (χ1n) is 6.53. The van der Waals surface area contributed by atoms with Gasteiger partial charge in [-0.15, -0.1) is 0 Å². The first-order chi connectivity index (χ1) is 9.54. The smallest absolute Gasteiger partial charge is 0.245 e. The number of nitrogens with zero attached hydrogens (tertiary/aromatic N) is 1. The van der Waals surface area contributed by atoms with E-state index in [0.717, 1.165) is 18.4 Å². The quantitative estimate of drug-likeness (QED) is 0.713. The summed E-state index contributed by atoms with van der Waals surface area (Å²) >= 11 is 0. The lowest BCUT2D eigenvalue weighted by atomic mass is 10.2. The topological polar surface area (TPSA) is 99.4 Å². The Labute approximate surface area is 117 Å². The number of aliphatic hydroxyl groups is 1. The molecule has 0 amide bonds. The molecule has 6 nitrogen and oxygen atoms in total. The van der Waals surface area contributed by atoms with Crippen molar-refractivity contribution in [3.63, 3.8) is 0 Å². The molecule has 1 saturated carbocycles. The number of fused-ring (bicyclic) bond motifs is 1. The number of sulfonamides is 1. The molecule has 1 aliphatic carbocycles. The number of anilines is 1. The second-order valence-corrected chi connectivity index (χ2v) is 6.89. The van der Waals surface area contributed by atoms with Crippen LogP contribution in [0.2, 0.25) is 0 Å². The lowest BCUT2D eigenvalue weighted by molar-refractivity contribution is 0.250. The van der Waals surface area contributed by atoms with Gasteiger partial charge in [0.2, 0.25) is 10.0 Å². The summed E-state index contributed by atoms with van der Waals surface area (Å²) < 4.78 is 26.9. The van der Waals surface area contributed by atoms with Crippen LogP contribution < -0.4 is 5.73 Å². The van der Waals surface area contributed by atoms with Crippen LogP contribution in [0.15, 0.2) is 29.3 Å². The van der Waals surface area contributed by atoms with Crippen LogP contribution in [0.1, 0.15) is 12.8 Å². The van der Waals surface area contributed by atoms with Crippen LogP contribution in [0.5, 0.6) is 0 Å². The number of aliphatic hydroxyl groups excluding tert-OH is 1. The van der Waals surface area contributed by atoms with E-state index < -0.39 is 10.0 Å². The minimum absolute atomic E-state index is 0.0122. The maximum atomic E-state index is 12.7. The van der Waals surface area contributed by atoms with Crippen molar-refractivity contribution in [1.82, 2.24) is 9.29 Å². The molecule has 1 aliphatic rings. The van der Waals surface area contributed by atoms with Gasteiger partial charge in [-0.05, 0) is 31.0 Å². The Kier molecular flexibility index (Phi) is 3.19. The van der Waals surface area contributed by atoms with Gasteiger partial charge in [0.15, 0.2) is 0 Å². The molecule has 108 valence electrons. The summed E-state index contributed by atoms with van der Waals surface area (Å²) in [4.78, 5) is 3.18. The second-order valence-electron chi connectivity index (χ2n) is 5.03. The maximum absolute atomic E-state index is 12.7. The molecule has 1 heterocycles. The molecule has 0 aliphatic heterocycles. The zero-order valence-electron chi connectivity index (χ0n) is 10.9. The standard InChI is InChI=1S/C13H17N3O3S/c14-9-1-4-12-11(7-9)13(8-15-12)20(18,19)16(5-6-17)10-2-3-10/h1,4,7-8,10,15,17H,2-3,5-6,14H2. The number of hydrogen-bond donors (Lipinski definition) is 3. The van der Waals surface area contributed by atoms with Gasteiger partial charge in [0.25, 0.3) is 0 Å². The van der Waals surface area contributed by atoms with Crippen molar-refractivity contribution < 1.29 is 13.5 Å². The van der Waals surface area contributed by atoms with Gasteiger partial charge in [-0.3, -0.25) is 0 Å². The van der Waals surface area contributed by atoms with E-state index >= 15 is 0 Å². The number of aromatic nitrogens is 1. The van der Waals surface area contributed by atoms with E-state index in [9.17, 15) is 8.42 Å². The Hall–Kier alpha value is -1.57. The van der Waals surface area contributed by atoms with Gasteiger partial charge < -0.3 is 15.8 Å². The predicted molar refractivity (Wildman–Crippen MR) is 76.7 cm³/mol. The molecule has 0 atom stereocenters. The molecule has 4 N–H and O–H groups in total. The third-order valence-electron chi connectivity index (χ3n) is 3.53. The van der Waals surface area contributed by atoms with E-state index in [1.165, 1.54) is 10.5 Å². The minimum Gasteiger partial charge on any atom is -0.399 e. The Morgan fingerprint density at radius 2 is 2.15 bits per heavy atom. The number of rotatable bonds is 5. The first-order valence-corrected chi connectivity index (χ1v) is 7.97.